The van der Waals surface area contributed by atoms with Crippen molar-refractivity contribution >= 4 is 17.6 Å². The molecule has 0 spiro atoms. The Balaban J connectivity index is 1.88. The molecular formula is C13H14FN5O3. The number of nitrogens with one attached hydrogen (secondary N) is 1. The van der Waals surface area contributed by atoms with E-state index in [1.54, 1.807) is 19.1 Å². The summed E-state index contributed by atoms with van der Waals surface area (Å²) in [6.45, 7) is 2.82. The Morgan fingerprint density at radius 2 is 2.23 bits per heavy atom. The van der Waals surface area contributed by atoms with Crippen molar-refractivity contribution < 1.29 is 18.7 Å². The second-order valence-electron chi connectivity index (χ2n) is 4.59. The molecule has 0 fully saturated rings. The maximum Gasteiger partial charge on any atom is 0.328 e. The third kappa shape index (κ3) is 4.08. The SMILES string of the molecule is Cc1ccc(NC(=O)[C@H](C)OC(=O)Cn2cnnn2)cc1F. The van der Waals surface area contributed by atoms with Crippen LogP contribution in [0.25, 0.3) is 0 Å². The molecule has 2 aromatic rings. The Kier molecular flexibility index (Phi) is 4.77. The number of amides is 1. The number of carbonyl (C=O) groups is 2. The number of carbonyl (C=O) groups excluding carboxylic acids is 2. The van der Waals surface area contributed by atoms with Crippen LogP contribution in [0.1, 0.15) is 12.5 Å². The first kappa shape index (κ1) is 15.5. The van der Waals surface area contributed by atoms with Gasteiger partial charge in [-0.1, -0.05) is 6.07 Å². The van der Waals surface area contributed by atoms with E-state index in [2.05, 4.69) is 20.8 Å². The highest BCUT2D eigenvalue weighted by Gasteiger charge is 2.18. The molecular weight excluding hydrogens is 293 g/mol. The fraction of sp³-hybridized carbons (Fsp3) is 0.308. The molecule has 22 heavy (non-hydrogen) atoms. The third-order valence-electron chi connectivity index (χ3n) is 2.80. The third-order valence-corrected chi connectivity index (χ3v) is 2.80. The molecule has 8 nitrogen and oxygen atoms in total. The number of ether oxygens (including phenoxy) is 1. The Bertz CT molecular complexity index is 674. The lowest BCUT2D eigenvalue weighted by Crippen LogP contribution is -2.31. The van der Waals surface area contributed by atoms with Crippen LogP contribution in [0.2, 0.25) is 0 Å². The van der Waals surface area contributed by atoms with Crippen molar-refractivity contribution in [2.75, 3.05) is 5.32 Å². The van der Waals surface area contributed by atoms with Crippen LogP contribution >= 0.6 is 0 Å². The van der Waals surface area contributed by atoms with Crippen molar-refractivity contribution in [3.05, 3.63) is 35.9 Å². The van der Waals surface area contributed by atoms with Gasteiger partial charge in [-0.2, -0.15) is 0 Å². The highest BCUT2D eigenvalue weighted by molar-refractivity contribution is 5.95. The number of aromatic nitrogens is 4. The average Bonchev–Trinajstić information content (AvgIpc) is 2.95. The summed E-state index contributed by atoms with van der Waals surface area (Å²) in [6, 6.07) is 4.30. The predicted molar refractivity (Wildman–Crippen MR) is 73.1 cm³/mol. The van der Waals surface area contributed by atoms with E-state index in [4.69, 9.17) is 4.74 Å². The van der Waals surface area contributed by atoms with Crippen molar-refractivity contribution in [2.24, 2.45) is 0 Å². The Labute approximate surface area is 125 Å². The molecule has 0 unspecified atom stereocenters. The minimum atomic E-state index is -1.03. The normalized spacial score (nSPS) is 11.8. The van der Waals surface area contributed by atoms with Gasteiger partial charge in [0.25, 0.3) is 5.91 Å². The summed E-state index contributed by atoms with van der Waals surface area (Å²) in [5, 5.41) is 12.7. The number of halogens is 1. The van der Waals surface area contributed by atoms with Crippen LogP contribution in [0, 0.1) is 12.7 Å². The van der Waals surface area contributed by atoms with E-state index in [0.29, 0.717) is 5.56 Å². The number of anilines is 1. The van der Waals surface area contributed by atoms with Crippen LogP contribution < -0.4 is 5.32 Å². The molecule has 1 amide bonds. The Morgan fingerprint density at radius 3 is 2.86 bits per heavy atom. The number of rotatable bonds is 5. The molecule has 116 valence electrons. The second-order valence-corrected chi connectivity index (χ2v) is 4.59. The van der Waals surface area contributed by atoms with Crippen molar-refractivity contribution in [3.63, 3.8) is 0 Å². The molecule has 0 radical (unpaired) electrons. The summed E-state index contributed by atoms with van der Waals surface area (Å²) < 4.78 is 19.5. The van der Waals surface area contributed by atoms with E-state index in [0.717, 1.165) is 0 Å². The van der Waals surface area contributed by atoms with Crippen LogP contribution in [0.3, 0.4) is 0 Å². The molecule has 1 heterocycles. The predicted octanol–water partition coefficient (Wildman–Crippen LogP) is 0.691. The van der Waals surface area contributed by atoms with Gasteiger partial charge in [-0.05, 0) is 42.0 Å². The zero-order valence-electron chi connectivity index (χ0n) is 12.0. The molecule has 0 saturated carbocycles. The van der Waals surface area contributed by atoms with Crippen LogP contribution in [-0.4, -0.2) is 38.2 Å². The fourth-order valence-corrected chi connectivity index (χ4v) is 1.59. The van der Waals surface area contributed by atoms with E-state index in [-0.39, 0.29) is 12.2 Å². The van der Waals surface area contributed by atoms with Gasteiger partial charge in [0, 0.05) is 5.69 Å². The van der Waals surface area contributed by atoms with Gasteiger partial charge in [0.05, 0.1) is 0 Å². The van der Waals surface area contributed by atoms with Crippen molar-refractivity contribution in [2.45, 2.75) is 26.5 Å². The number of aryl methyl sites for hydroxylation is 1. The first-order valence-corrected chi connectivity index (χ1v) is 6.43. The molecule has 0 aliphatic carbocycles. The maximum absolute atomic E-state index is 13.4. The Hall–Kier alpha value is -2.84. The summed E-state index contributed by atoms with van der Waals surface area (Å²) in [5.41, 5.74) is 0.760. The van der Waals surface area contributed by atoms with Gasteiger partial charge in [0.2, 0.25) is 0 Å². The number of tetrazole rings is 1. The van der Waals surface area contributed by atoms with Crippen LogP contribution in [0.5, 0.6) is 0 Å². The van der Waals surface area contributed by atoms with E-state index < -0.39 is 23.8 Å². The largest absolute Gasteiger partial charge is 0.451 e. The molecule has 2 rings (SSSR count). The Morgan fingerprint density at radius 1 is 1.45 bits per heavy atom. The average molecular weight is 307 g/mol. The van der Waals surface area contributed by atoms with Crippen molar-refractivity contribution in [1.82, 2.24) is 20.2 Å². The number of esters is 1. The van der Waals surface area contributed by atoms with Crippen LogP contribution in [-0.2, 0) is 20.9 Å². The van der Waals surface area contributed by atoms with E-state index in [1.807, 2.05) is 0 Å². The minimum Gasteiger partial charge on any atom is -0.451 e. The lowest BCUT2D eigenvalue weighted by molar-refractivity contribution is -0.153. The lowest BCUT2D eigenvalue weighted by atomic mass is 10.2. The standard InChI is InChI=1S/C13H14FN5O3/c1-8-3-4-10(5-11(8)14)16-13(21)9(2)22-12(20)6-19-7-15-17-18-19/h3-5,7,9H,6H2,1-2H3,(H,16,21)/t9-/m0/s1. The van der Waals surface area contributed by atoms with Crippen molar-refractivity contribution in [3.8, 4) is 0 Å². The smallest absolute Gasteiger partial charge is 0.328 e. The topological polar surface area (TPSA) is 99.0 Å². The monoisotopic (exact) mass is 307 g/mol. The molecule has 1 N–H and O–H groups in total. The molecule has 0 aliphatic rings. The molecule has 1 atom stereocenters. The van der Waals surface area contributed by atoms with Crippen LogP contribution in [0.15, 0.2) is 24.5 Å². The molecule has 9 heteroatoms. The summed E-state index contributed by atoms with van der Waals surface area (Å²) in [4.78, 5) is 23.5. The first-order valence-electron chi connectivity index (χ1n) is 6.43. The lowest BCUT2D eigenvalue weighted by Gasteiger charge is -2.13. The van der Waals surface area contributed by atoms with Gasteiger partial charge >= 0.3 is 5.97 Å². The van der Waals surface area contributed by atoms with Gasteiger partial charge in [0.1, 0.15) is 18.7 Å². The molecule has 0 aliphatic heterocycles. The zero-order chi connectivity index (χ0) is 16.1. The van der Waals surface area contributed by atoms with Crippen molar-refractivity contribution in [1.29, 1.82) is 0 Å². The zero-order valence-corrected chi connectivity index (χ0v) is 12.0. The number of nitrogens with zero attached hydrogens (tertiary/aromatic N) is 4. The van der Waals surface area contributed by atoms with Gasteiger partial charge in [-0.25, -0.2) is 9.07 Å². The van der Waals surface area contributed by atoms with Gasteiger partial charge < -0.3 is 10.1 Å². The summed E-state index contributed by atoms with van der Waals surface area (Å²) in [7, 11) is 0. The van der Waals surface area contributed by atoms with Gasteiger partial charge in [-0.3, -0.25) is 9.59 Å². The first-order chi connectivity index (χ1) is 10.5. The summed E-state index contributed by atoms with van der Waals surface area (Å²) in [5.74, 6) is -1.65. The molecule has 1 aromatic carbocycles. The maximum atomic E-state index is 13.4. The summed E-state index contributed by atoms with van der Waals surface area (Å²) in [6.07, 6.45) is 0.217. The van der Waals surface area contributed by atoms with E-state index >= 15 is 0 Å². The number of benzene rings is 1. The fourth-order valence-electron chi connectivity index (χ4n) is 1.59. The number of hydrogen-bond donors (Lipinski definition) is 1. The minimum absolute atomic E-state index is 0.205. The highest BCUT2D eigenvalue weighted by atomic mass is 19.1. The molecule has 1 aromatic heterocycles. The second kappa shape index (κ2) is 6.74. The van der Waals surface area contributed by atoms with Gasteiger partial charge in [-0.15, -0.1) is 5.10 Å². The quantitative estimate of drug-likeness (QED) is 0.816. The van der Waals surface area contributed by atoms with E-state index in [9.17, 15) is 14.0 Å². The summed E-state index contributed by atoms with van der Waals surface area (Å²) >= 11 is 0. The molecule has 0 bridgehead atoms. The highest BCUT2D eigenvalue weighted by Crippen LogP contribution is 2.14. The van der Waals surface area contributed by atoms with Crippen LogP contribution in [0.4, 0.5) is 10.1 Å². The molecule has 0 saturated heterocycles. The van der Waals surface area contributed by atoms with E-state index in [1.165, 1.54) is 24.0 Å². The van der Waals surface area contributed by atoms with Gasteiger partial charge in [0.15, 0.2) is 6.10 Å². The number of hydrogen-bond acceptors (Lipinski definition) is 6.